The molecule has 1 aromatic carbocycles. The molecule has 106 valence electrons. The highest BCUT2D eigenvalue weighted by atomic mass is 16.5. The summed E-state index contributed by atoms with van der Waals surface area (Å²) in [6.07, 6.45) is 0. The molecule has 0 spiro atoms. The zero-order chi connectivity index (χ0) is 14.8. The summed E-state index contributed by atoms with van der Waals surface area (Å²) in [6.45, 7) is 14.4. The zero-order valence-corrected chi connectivity index (χ0v) is 13.2. The van der Waals surface area contributed by atoms with Crippen LogP contribution in [0.4, 0.5) is 0 Å². The summed E-state index contributed by atoms with van der Waals surface area (Å²) < 4.78 is 5.37. The van der Waals surface area contributed by atoms with Gasteiger partial charge in [-0.3, -0.25) is 4.79 Å². The monoisotopic (exact) mass is 262 g/mol. The Morgan fingerprint density at radius 3 is 1.84 bits per heavy atom. The summed E-state index contributed by atoms with van der Waals surface area (Å²) in [5, 5.41) is 0. The van der Waals surface area contributed by atoms with Gasteiger partial charge >= 0.3 is 5.97 Å². The molecule has 0 aliphatic carbocycles. The van der Waals surface area contributed by atoms with Crippen molar-refractivity contribution in [2.45, 2.75) is 53.9 Å². The fraction of sp³-hybridized carbons (Fsp3) is 0.588. The van der Waals surface area contributed by atoms with E-state index >= 15 is 0 Å². The molecule has 19 heavy (non-hydrogen) atoms. The Kier molecular flexibility index (Phi) is 4.44. The van der Waals surface area contributed by atoms with Crippen LogP contribution in [0.2, 0.25) is 0 Å². The first-order chi connectivity index (χ1) is 8.55. The Morgan fingerprint density at radius 1 is 1.00 bits per heavy atom. The van der Waals surface area contributed by atoms with Crippen molar-refractivity contribution in [2.75, 3.05) is 0 Å². The summed E-state index contributed by atoms with van der Waals surface area (Å²) in [6, 6.07) is 7.85. The van der Waals surface area contributed by atoms with Crippen LogP contribution in [0.5, 0.6) is 5.75 Å². The van der Waals surface area contributed by atoms with Crippen LogP contribution in [-0.2, 0) is 10.2 Å². The van der Waals surface area contributed by atoms with Crippen LogP contribution < -0.4 is 4.74 Å². The quantitative estimate of drug-likeness (QED) is 0.589. The maximum atomic E-state index is 11.8. The molecule has 2 heteroatoms. The van der Waals surface area contributed by atoms with E-state index in [4.69, 9.17) is 4.74 Å². The van der Waals surface area contributed by atoms with Gasteiger partial charge in [0.2, 0.25) is 0 Å². The normalized spacial score (nSPS) is 12.6. The fourth-order valence-electron chi connectivity index (χ4n) is 1.55. The summed E-state index contributed by atoms with van der Waals surface area (Å²) in [5.74, 6) is 0.960. The Balaban J connectivity index is 2.86. The molecule has 0 radical (unpaired) electrons. The van der Waals surface area contributed by atoms with E-state index in [9.17, 15) is 4.79 Å². The second-order valence-corrected chi connectivity index (χ2v) is 7.04. The molecular weight excluding hydrogens is 236 g/mol. The van der Waals surface area contributed by atoms with Gasteiger partial charge in [-0.05, 0) is 49.8 Å². The predicted octanol–water partition coefficient (Wildman–Crippen LogP) is 4.57. The molecule has 2 nitrogen and oxygen atoms in total. The van der Waals surface area contributed by atoms with Crippen molar-refractivity contribution in [3.05, 3.63) is 29.8 Å². The summed E-state index contributed by atoms with van der Waals surface area (Å²) in [4.78, 5) is 11.8. The molecule has 0 fully saturated rings. The molecular formula is C17H26O2. The van der Waals surface area contributed by atoms with E-state index in [1.165, 1.54) is 5.56 Å². The van der Waals surface area contributed by atoms with Crippen molar-refractivity contribution in [3.8, 4) is 5.75 Å². The molecule has 0 aliphatic heterocycles. The van der Waals surface area contributed by atoms with Crippen molar-refractivity contribution in [1.29, 1.82) is 0 Å². The Morgan fingerprint density at radius 2 is 1.47 bits per heavy atom. The van der Waals surface area contributed by atoms with Gasteiger partial charge in [0.1, 0.15) is 5.75 Å². The molecule has 1 aromatic rings. The van der Waals surface area contributed by atoms with Crippen LogP contribution in [0.1, 0.15) is 54.0 Å². The molecule has 0 aliphatic rings. The number of ether oxygens (including phenoxy) is 1. The van der Waals surface area contributed by atoms with Gasteiger partial charge in [-0.1, -0.05) is 39.8 Å². The van der Waals surface area contributed by atoms with Crippen molar-refractivity contribution in [1.82, 2.24) is 0 Å². The van der Waals surface area contributed by atoms with Gasteiger partial charge in [0, 0.05) is 0 Å². The van der Waals surface area contributed by atoms with Crippen LogP contribution in [0.25, 0.3) is 0 Å². The maximum absolute atomic E-state index is 11.8. The molecule has 0 amide bonds. The molecule has 0 N–H and O–H groups in total. The van der Waals surface area contributed by atoms with Gasteiger partial charge < -0.3 is 4.74 Å². The Hall–Kier alpha value is -1.31. The summed E-state index contributed by atoms with van der Waals surface area (Å²) in [5.41, 5.74) is 0.903. The van der Waals surface area contributed by atoms with E-state index in [1.54, 1.807) is 0 Å². The second kappa shape index (κ2) is 5.36. The standard InChI is InChI=1S/C17H26O2/c1-12(2)17(6,7)13-8-10-14(11-9-13)19-15(18)16(3,4)5/h8-12H,1-7H3. The number of benzene rings is 1. The molecule has 0 aromatic heterocycles. The molecule has 0 unspecified atom stereocenters. The van der Waals surface area contributed by atoms with E-state index in [-0.39, 0.29) is 11.4 Å². The lowest BCUT2D eigenvalue weighted by atomic mass is 9.75. The highest BCUT2D eigenvalue weighted by molar-refractivity contribution is 5.77. The molecule has 1 rings (SSSR count). The van der Waals surface area contributed by atoms with Crippen molar-refractivity contribution in [2.24, 2.45) is 11.3 Å². The topological polar surface area (TPSA) is 26.3 Å². The molecule has 0 bridgehead atoms. The predicted molar refractivity (Wildman–Crippen MR) is 79.4 cm³/mol. The lowest BCUT2D eigenvalue weighted by Gasteiger charge is -2.30. The number of hydrogen-bond acceptors (Lipinski definition) is 2. The molecule has 0 saturated heterocycles. The van der Waals surface area contributed by atoms with Crippen molar-refractivity contribution in [3.63, 3.8) is 0 Å². The smallest absolute Gasteiger partial charge is 0.316 e. The Labute approximate surface area is 117 Å². The third-order valence-corrected chi connectivity index (χ3v) is 3.86. The van der Waals surface area contributed by atoms with E-state index in [0.29, 0.717) is 11.7 Å². The van der Waals surface area contributed by atoms with Crippen molar-refractivity contribution >= 4 is 5.97 Å². The van der Waals surface area contributed by atoms with E-state index in [0.717, 1.165) is 0 Å². The zero-order valence-electron chi connectivity index (χ0n) is 13.2. The number of esters is 1. The van der Waals surface area contributed by atoms with Crippen LogP contribution >= 0.6 is 0 Å². The average Bonchev–Trinajstić information content (AvgIpc) is 2.28. The lowest BCUT2D eigenvalue weighted by Crippen LogP contribution is -2.26. The third kappa shape index (κ3) is 3.82. The van der Waals surface area contributed by atoms with Crippen LogP contribution in [0.3, 0.4) is 0 Å². The Bertz CT molecular complexity index is 433. The number of carbonyl (C=O) groups is 1. The van der Waals surface area contributed by atoms with Crippen LogP contribution in [-0.4, -0.2) is 5.97 Å². The average molecular weight is 262 g/mol. The first kappa shape index (κ1) is 15.7. The largest absolute Gasteiger partial charge is 0.426 e. The number of hydrogen-bond donors (Lipinski definition) is 0. The van der Waals surface area contributed by atoms with Gasteiger partial charge in [-0.15, -0.1) is 0 Å². The SMILES string of the molecule is CC(C)C(C)(C)c1ccc(OC(=O)C(C)(C)C)cc1. The minimum atomic E-state index is -0.476. The highest BCUT2D eigenvalue weighted by Crippen LogP contribution is 2.32. The first-order valence-corrected chi connectivity index (χ1v) is 6.88. The maximum Gasteiger partial charge on any atom is 0.316 e. The summed E-state index contributed by atoms with van der Waals surface area (Å²) >= 11 is 0. The van der Waals surface area contributed by atoms with E-state index in [2.05, 4.69) is 27.7 Å². The van der Waals surface area contributed by atoms with Gasteiger partial charge in [0.25, 0.3) is 0 Å². The van der Waals surface area contributed by atoms with Gasteiger partial charge in [0.05, 0.1) is 5.41 Å². The fourth-order valence-corrected chi connectivity index (χ4v) is 1.55. The minimum absolute atomic E-state index is 0.118. The highest BCUT2D eigenvalue weighted by Gasteiger charge is 2.26. The van der Waals surface area contributed by atoms with Gasteiger partial charge in [-0.2, -0.15) is 0 Å². The van der Waals surface area contributed by atoms with Gasteiger partial charge in [-0.25, -0.2) is 0 Å². The van der Waals surface area contributed by atoms with E-state index in [1.807, 2.05) is 45.0 Å². The van der Waals surface area contributed by atoms with E-state index < -0.39 is 5.41 Å². The molecule has 0 saturated carbocycles. The van der Waals surface area contributed by atoms with Crippen LogP contribution in [0.15, 0.2) is 24.3 Å². The third-order valence-electron chi connectivity index (χ3n) is 3.86. The van der Waals surface area contributed by atoms with Crippen LogP contribution in [0, 0.1) is 11.3 Å². The number of rotatable bonds is 3. The second-order valence-electron chi connectivity index (χ2n) is 7.04. The lowest BCUT2D eigenvalue weighted by molar-refractivity contribution is -0.142. The van der Waals surface area contributed by atoms with Gasteiger partial charge in [0.15, 0.2) is 0 Å². The number of carbonyl (C=O) groups excluding carboxylic acids is 1. The molecule has 0 heterocycles. The first-order valence-electron chi connectivity index (χ1n) is 6.88. The van der Waals surface area contributed by atoms with Crippen molar-refractivity contribution < 1.29 is 9.53 Å². The minimum Gasteiger partial charge on any atom is -0.426 e. The molecule has 0 atom stereocenters. The summed E-state index contributed by atoms with van der Waals surface area (Å²) in [7, 11) is 0.